The van der Waals surface area contributed by atoms with E-state index in [2.05, 4.69) is 10.3 Å². The predicted molar refractivity (Wildman–Crippen MR) is 109 cm³/mol. The third kappa shape index (κ3) is 3.59. The number of para-hydroxylation sites is 1. The fourth-order valence-corrected chi connectivity index (χ4v) is 3.51. The highest BCUT2D eigenvalue weighted by Gasteiger charge is 2.21. The van der Waals surface area contributed by atoms with Gasteiger partial charge in [-0.05, 0) is 39.0 Å². The Bertz CT molecular complexity index is 1150. The summed E-state index contributed by atoms with van der Waals surface area (Å²) in [6, 6.07) is 13.6. The van der Waals surface area contributed by atoms with E-state index in [1.165, 1.54) is 0 Å². The van der Waals surface area contributed by atoms with Gasteiger partial charge in [0.15, 0.2) is 5.82 Å². The molecule has 1 aromatic carbocycles. The van der Waals surface area contributed by atoms with Gasteiger partial charge in [-0.3, -0.25) is 9.36 Å². The number of hydrogen-bond donors (Lipinski definition) is 0. The van der Waals surface area contributed by atoms with E-state index >= 15 is 0 Å². The van der Waals surface area contributed by atoms with Crippen LogP contribution in [0, 0.1) is 20.8 Å². The van der Waals surface area contributed by atoms with Crippen molar-refractivity contribution in [3.8, 4) is 11.5 Å². The summed E-state index contributed by atoms with van der Waals surface area (Å²) in [6.45, 7) is 6.20. The van der Waals surface area contributed by atoms with E-state index in [1.807, 2.05) is 78.7 Å². The quantitative estimate of drug-likeness (QED) is 0.520. The molecule has 4 aromatic rings. The topological polar surface area (TPSA) is 69.1 Å². The Hall–Kier alpha value is -3.61. The molecule has 3 heterocycles. The van der Waals surface area contributed by atoms with Crippen molar-refractivity contribution >= 4 is 5.91 Å². The Balaban J connectivity index is 1.54. The Kier molecular flexibility index (Phi) is 4.80. The fraction of sp³-hybridized carbons (Fsp3) is 0.227. The molecule has 0 atom stereocenters. The second-order valence-corrected chi connectivity index (χ2v) is 7.21. The van der Waals surface area contributed by atoms with Crippen molar-refractivity contribution in [2.24, 2.45) is 0 Å². The maximum Gasteiger partial charge on any atom is 0.255 e. The van der Waals surface area contributed by atoms with Crippen LogP contribution in [0.4, 0.5) is 0 Å². The van der Waals surface area contributed by atoms with Crippen molar-refractivity contribution in [1.82, 2.24) is 24.4 Å². The summed E-state index contributed by atoms with van der Waals surface area (Å²) in [5.74, 6) is 1.37. The van der Waals surface area contributed by atoms with Crippen molar-refractivity contribution < 1.29 is 9.32 Å². The maximum atomic E-state index is 13.1. The largest absolute Gasteiger partial charge is 0.360 e. The Morgan fingerprint density at radius 3 is 2.59 bits per heavy atom. The molecule has 3 aromatic heterocycles. The van der Waals surface area contributed by atoms with Gasteiger partial charge in [0, 0.05) is 42.8 Å². The number of aromatic nitrogens is 4. The first-order chi connectivity index (χ1) is 13.9. The zero-order valence-electron chi connectivity index (χ0n) is 17.0. The highest BCUT2D eigenvalue weighted by Crippen LogP contribution is 2.22. The lowest BCUT2D eigenvalue weighted by Crippen LogP contribution is -2.26. The van der Waals surface area contributed by atoms with Crippen LogP contribution < -0.4 is 0 Å². The Morgan fingerprint density at radius 2 is 1.90 bits per heavy atom. The first-order valence-electron chi connectivity index (χ1n) is 9.41. The summed E-state index contributed by atoms with van der Waals surface area (Å²) in [6.07, 6.45) is 3.73. The van der Waals surface area contributed by atoms with E-state index in [1.54, 1.807) is 18.1 Å². The number of carbonyl (C=O) groups excluding carboxylic acids is 1. The van der Waals surface area contributed by atoms with Gasteiger partial charge < -0.3 is 9.42 Å². The third-order valence-corrected chi connectivity index (χ3v) is 4.93. The molecule has 4 rings (SSSR count). The Morgan fingerprint density at radius 1 is 1.14 bits per heavy atom. The molecular formula is C22H23N5O2. The van der Waals surface area contributed by atoms with Crippen LogP contribution in [0.1, 0.15) is 33.1 Å². The zero-order chi connectivity index (χ0) is 20.5. The molecule has 1 amide bonds. The van der Waals surface area contributed by atoms with Crippen LogP contribution in [0.3, 0.4) is 0 Å². The third-order valence-electron chi connectivity index (χ3n) is 4.93. The summed E-state index contributed by atoms with van der Waals surface area (Å²) < 4.78 is 8.94. The molecule has 0 spiro atoms. The fourth-order valence-electron chi connectivity index (χ4n) is 3.51. The molecule has 0 saturated heterocycles. The van der Waals surface area contributed by atoms with Crippen LogP contribution in [-0.2, 0) is 6.54 Å². The molecule has 29 heavy (non-hydrogen) atoms. The highest BCUT2D eigenvalue weighted by molar-refractivity contribution is 5.95. The van der Waals surface area contributed by atoms with Crippen molar-refractivity contribution in [1.29, 1.82) is 0 Å². The van der Waals surface area contributed by atoms with E-state index < -0.39 is 0 Å². The van der Waals surface area contributed by atoms with Crippen molar-refractivity contribution in [3.05, 3.63) is 83.1 Å². The molecule has 0 bridgehead atoms. The van der Waals surface area contributed by atoms with Gasteiger partial charge >= 0.3 is 0 Å². The zero-order valence-corrected chi connectivity index (χ0v) is 17.0. The molecule has 148 valence electrons. The van der Waals surface area contributed by atoms with Crippen LogP contribution in [0.25, 0.3) is 11.5 Å². The molecule has 0 fully saturated rings. The molecule has 7 nitrogen and oxygen atoms in total. The van der Waals surface area contributed by atoms with E-state index in [9.17, 15) is 4.79 Å². The average Bonchev–Trinajstić information content (AvgIpc) is 3.41. The van der Waals surface area contributed by atoms with Gasteiger partial charge in [0.05, 0.1) is 17.4 Å². The minimum Gasteiger partial charge on any atom is -0.360 e. The summed E-state index contributed by atoms with van der Waals surface area (Å²) in [5, 5.41) is 8.48. The minimum atomic E-state index is -0.0444. The lowest BCUT2D eigenvalue weighted by Gasteiger charge is -2.16. The molecular weight excluding hydrogens is 366 g/mol. The second-order valence-electron chi connectivity index (χ2n) is 7.21. The maximum absolute atomic E-state index is 13.1. The molecule has 0 unspecified atom stereocenters. The molecule has 0 radical (unpaired) electrons. The molecule has 0 aliphatic heterocycles. The van der Waals surface area contributed by atoms with Gasteiger partial charge in [0.25, 0.3) is 5.91 Å². The van der Waals surface area contributed by atoms with Crippen LogP contribution in [0.5, 0.6) is 0 Å². The summed E-state index contributed by atoms with van der Waals surface area (Å²) >= 11 is 0. The van der Waals surface area contributed by atoms with Gasteiger partial charge in [-0.1, -0.05) is 23.4 Å². The van der Waals surface area contributed by atoms with Gasteiger partial charge in [-0.25, -0.2) is 4.68 Å². The predicted octanol–water partition coefficient (Wildman–Crippen LogP) is 3.85. The normalized spacial score (nSPS) is 11.0. The molecule has 0 saturated carbocycles. The van der Waals surface area contributed by atoms with Gasteiger partial charge in [-0.15, -0.1) is 0 Å². The van der Waals surface area contributed by atoms with Crippen LogP contribution in [-0.4, -0.2) is 37.4 Å². The number of carbonyl (C=O) groups is 1. The second kappa shape index (κ2) is 7.43. The lowest BCUT2D eigenvalue weighted by molar-refractivity contribution is 0.0784. The first kappa shape index (κ1) is 18.7. The summed E-state index contributed by atoms with van der Waals surface area (Å²) in [4.78, 5) is 14.8. The van der Waals surface area contributed by atoms with Gasteiger partial charge in [-0.2, -0.15) is 5.10 Å². The van der Waals surface area contributed by atoms with Gasteiger partial charge in [0.2, 0.25) is 0 Å². The number of benzene rings is 1. The van der Waals surface area contributed by atoms with Gasteiger partial charge in [0.1, 0.15) is 5.76 Å². The average molecular weight is 389 g/mol. The number of amides is 1. The van der Waals surface area contributed by atoms with Crippen molar-refractivity contribution in [2.45, 2.75) is 27.3 Å². The highest BCUT2D eigenvalue weighted by atomic mass is 16.5. The molecule has 0 N–H and O–H groups in total. The van der Waals surface area contributed by atoms with Crippen LogP contribution in [0.2, 0.25) is 0 Å². The standard InChI is InChI=1S/C22H23N5O2/c1-15-10-20(17(3)27(15)21-11-16(2)29-24-21)22(28)25(4)13-18-12-23-26(14-18)19-8-6-5-7-9-19/h5-12,14H,13H2,1-4H3. The number of rotatable bonds is 5. The number of hydrogen-bond acceptors (Lipinski definition) is 4. The van der Waals surface area contributed by atoms with E-state index in [-0.39, 0.29) is 5.91 Å². The van der Waals surface area contributed by atoms with E-state index in [4.69, 9.17) is 4.52 Å². The lowest BCUT2D eigenvalue weighted by atomic mass is 10.2. The van der Waals surface area contributed by atoms with E-state index in [0.717, 1.165) is 28.4 Å². The first-order valence-corrected chi connectivity index (χ1v) is 9.41. The monoisotopic (exact) mass is 389 g/mol. The van der Waals surface area contributed by atoms with Crippen molar-refractivity contribution in [3.63, 3.8) is 0 Å². The summed E-state index contributed by atoms with van der Waals surface area (Å²) in [7, 11) is 1.80. The van der Waals surface area contributed by atoms with E-state index in [0.29, 0.717) is 17.9 Å². The van der Waals surface area contributed by atoms with Crippen LogP contribution in [0.15, 0.2) is 59.4 Å². The molecule has 0 aliphatic carbocycles. The number of nitrogens with zero attached hydrogens (tertiary/aromatic N) is 5. The minimum absolute atomic E-state index is 0.0444. The van der Waals surface area contributed by atoms with Crippen LogP contribution >= 0.6 is 0 Å². The Labute approximate surface area is 169 Å². The summed E-state index contributed by atoms with van der Waals surface area (Å²) in [5.41, 5.74) is 4.38. The smallest absolute Gasteiger partial charge is 0.255 e. The molecule has 7 heteroatoms. The van der Waals surface area contributed by atoms with Crippen molar-refractivity contribution in [2.75, 3.05) is 7.05 Å². The number of aryl methyl sites for hydroxylation is 2. The SMILES string of the molecule is Cc1cc(-n2c(C)cc(C(=O)N(C)Cc3cnn(-c4ccccc4)c3)c2C)no1. The molecule has 0 aliphatic rings.